The average molecular weight is 1880 g/mol. The molecule has 0 aliphatic heterocycles. The molecule has 0 atom stereocenters. The maximum Gasteiger partial charge on any atom is 0.206 e. The fraction of sp³-hybridized carbons (Fsp3) is 0.178. The minimum atomic E-state index is -3.34. The molecule has 0 saturated carbocycles. The summed E-state index contributed by atoms with van der Waals surface area (Å²) in [6.07, 6.45) is 0. The number of benzene rings is 16. The number of hydrogen-bond donors (Lipinski definition) is 0. The quantitative estimate of drug-likeness (QED) is 0.0760. The Balaban J connectivity index is 0.000000737. The van der Waals surface area contributed by atoms with E-state index in [9.17, 15) is 17.4 Å². The van der Waals surface area contributed by atoms with Crippen LogP contribution < -0.4 is 33.2 Å². The Morgan fingerprint density at radius 1 is 0.235 bits per heavy atom. The zero-order valence-corrected chi connectivity index (χ0v) is 84.1. The van der Waals surface area contributed by atoms with E-state index >= 15 is 0 Å². The van der Waals surface area contributed by atoms with Crippen LogP contribution in [0.25, 0.3) is 0 Å². The molecular weight excluding hydrogens is 1740 g/mol. The van der Waals surface area contributed by atoms with Crippen molar-refractivity contribution in [3.8, 4) is 74.7 Å². The van der Waals surface area contributed by atoms with E-state index in [1.165, 1.54) is 16.7 Å². The highest BCUT2D eigenvalue weighted by atomic mass is 79.9. The average Bonchev–Trinajstić information content (AvgIpc) is 0.812. The van der Waals surface area contributed by atoms with Gasteiger partial charge in [-0.2, -0.15) is 0 Å². The number of ketones is 1. The van der Waals surface area contributed by atoms with E-state index in [1.54, 1.807) is 99.0 Å². The van der Waals surface area contributed by atoms with Gasteiger partial charge in [0.1, 0.15) is 74.7 Å². The molecular formula is C118H137BrO11S2. The Labute approximate surface area is 802 Å². The molecule has 0 fully saturated rings. The third-order valence-electron chi connectivity index (χ3n) is 16.0. The van der Waals surface area contributed by atoms with Gasteiger partial charge >= 0.3 is 0 Å². The van der Waals surface area contributed by atoms with E-state index < -0.39 is 20.6 Å². The zero-order chi connectivity index (χ0) is 97.6. The zero-order valence-electron chi connectivity index (χ0n) is 80.9. The fourth-order valence-electron chi connectivity index (χ4n) is 10.2. The number of halogens is 1. The lowest BCUT2D eigenvalue weighted by atomic mass is 10.1. The van der Waals surface area contributed by atoms with Crippen LogP contribution in [-0.4, -0.2) is 25.5 Å². The molecule has 0 saturated heterocycles. The van der Waals surface area contributed by atoms with Gasteiger partial charge in [-0.05, 0) is 263 Å². The number of sulfone groups is 1. The Kier molecular flexibility index (Phi) is 66.3. The van der Waals surface area contributed by atoms with Crippen LogP contribution in [0.1, 0.15) is 145 Å². The molecule has 0 radical (unpaired) electrons. The van der Waals surface area contributed by atoms with Crippen molar-refractivity contribution in [1.82, 2.24) is 0 Å². The van der Waals surface area contributed by atoms with E-state index in [2.05, 4.69) is 48.8 Å². The second-order valence-electron chi connectivity index (χ2n) is 25.2. The second-order valence-corrected chi connectivity index (χ2v) is 29.5. The summed E-state index contributed by atoms with van der Waals surface area (Å²) in [6, 6.07) is 141. The normalized spacial score (nSPS) is 9.17. The van der Waals surface area contributed by atoms with Gasteiger partial charge in [-0.25, -0.2) is 12.6 Å². The SMILES string of the molecule is Brc1cccc(Oc2ccccc2)c1.CC.CC.CC.CC.CC.CC.CC.CC.CC(=O)c1ccc(Oc2ccccc2)cc1.COc1ccc(Oc2ccccc2)cc1.Cc1ccc(Oc2ccccc2)cc1.Cc1cccc(Oc2ccccc2)c1.Cc1cccc(Oc2ccccc2)c1.O=S(=O)(c1ccccc1)c1ccccc1.O=S(c1ccccc1)c1ccccc1. The summed E-state index contributed by atoms with van der Waals surface area (Å²) in [5.74, 6) is 11.0. The van der Waals surface area contributed by atoms with Crippen LogP contribution in [0.2, 0.25) is 0 Å². The number of rotatable bonds is 18. The standard InChI is InChI=1S/C14H12O2.C13H12O2.3C13H12O.C12H9BrO.C12H10O2S.C12H10OS.8C2H6/c1-11(15)12-7-9-14(10-8-12)16-13-5-3-2-4-6-13;1-14-11-7-9-13(10-8-11)15-12-5-3-2-4-6-12;2*1-11-6-5-9-13(10-11)14-12-7-3-2-4-8-12;1-11-7-9-13(10-8-11)14-12-5-3-2-4-6-12;13-10-5-4-8-12(9-10)14-11-6-2-1-3-7-11;13-15(14,11-7-3-1-4-8-11)12-9-5-2-6-10-12;13-14(11-7-3-1-4-8-11)12-9-5-2-6-10-12;8*1-2/h2-10H,1H3;2-10H,1H3;3*2-10H,1H3;1-9H;1-10H;1-10H;8*1-2H3. The summed E-state index contributed by atoms with van der Waals surface area (Å²) in [5, 5.41) is 0. The Hall–Kier alpha value is -13.6. The first kappa shape index (κ1) is 116. The number of methoxy groups -OCH3 is 1. The number of aryl methyl sites for hydroxylation is 3. The summed E-state index contributed by atoms with van der Waals surface area (Å²) in [7, 11) is -2.74. The van der Waals surface area contributed by atoms with Crippen molar-refractivity contribution in [2.75, 3.05) is 7.11 Å². The van der Waals surface area contributed by atoms with Crippen LogP contribution in [-0.2, 0) is 20.6 Å². The van der Waals surface area contributed by atoms with E-state index in [0.29, 0.717) is 15.4 Å². The van der Waals surface area contributed by atoms with Gasteiger partial charge in [-0.1, -0.05) is 357 Å². The van der Waals surface area contributed by atoms with Crippen LogP contribution in [0, 0.1) is 20.8 Å². The van der Waals surface area contributed by atoms with Crippen molar-refractivity contribution < 1.29 is 50.6 Å². The van der Waals surface area contributed by atoms with Crippen LogP contribution >= 0.6 is 15.9 Å². The van der Waals surface area contributed by atoms with Gasteiger partial charge in [-0.3, -0.25) is 4.79 Å². The summed E-state index contributed by atoms with van der Waals surface area (Å²) in [5.41, 5.74) is 4.35. The highest BCUT2D eigenvalue weighted by molar-refractivity contribution is 9.10. The minimum Gasteiger partial charge on any atom is -0.497 e. The predicted octanol–water partition coefficient (Wildman–Crippen LogP) is 36.4. The van der Waals surface area contributed by atoms with Crippen LogP contribution in [0.15, 0.2) is 473 Å². The first-order valence-electron chi connectivity index (χ1n) is 45.1. The van der Waals surface area contributed by atoms with Crippen molar-refractivity contribution in [2.24, 2.45) is 0 Å². The molecule has 16 aromatic carbocycles. The molecule has 16 rings (SSSR count). The number of carbonyl (C=O) groups excluding carboxylic acids is 1. The van der Waals surface area contributed by atoms with Gasteiger partial charge in [-0.15, -0.1) is 0 Å². The second kappa shape index (κ2) is 75.2. The van der Waals surface area contributed by atoms with Gasteiger partial charge in [0, 0.05) is 19.8 Å². The molecule has 0 aromatic heterocycles. The molecule has 0 heterocycles. The number of carbonyl (C=O) groups is 1. The molecule has 0 unspecified atom stereocenters. The molecule has 0 N–H and O–H groups in total. The molecule has 16 aromatic rings. The lowest BCUT2D eigenvalue weighted by Crippen LogP contribution is -2.00. The lowest BCUT2D eigenvalue weighted by Gasteiger charge is -2.05. The molecule has 0 spiro atoms. The largest absolute Gasteiger partial charge is 0.497 e. The summed E-state index contributed by atoms with van der Waals surface area (Å²) < 4.78 is 75.9. The van der Waals surface area contributed by atoms with Gasteiger partial charge in [0.25, 0.3) is 0 Å². The van der Waals surface area contributed by atoms with Crippen molar-refractivity contribution in [3.63, 3.8) is 0 Å². The summed E-state index contributed by atoms with van der Waals surface area (Å²) >= 11 is 3.40. The van der Waals surface area contributed by atoms with Crippen LogP contribution in [0.4, 0.5) is 0 Å². The first-order valence-corrected chi connectivity index (χ1v) is 48.5. The molecule has 11 nitrogen and oxygen atoms in total. The van der Waals surface area contributed by atoms with E-state index in [-0.39, 0.29) is 5.78 Å². The molecule has 694 valence electrons. The van der Waals surface area contributed by atoms with Crippen molar-refractivity contribution in [2.45, 2.75) is 158 Å². The Morgan fingerprint density at radius 3 is 0.689 bits per heavy atom. The van der Waals surface area contributed by atoms with E-state index in [4.69, 9.17) is 33.2 Å². The van der Waals surface area contributed by atoms with Gasteiger partial charge in [0.05, 0.1) is 27.7 Å². The monoisotopic (exact) mass is 1870 g/mol. The fourth-order valence-corrected chi connectivity index (χ4v) is 13.0. The van der Waals surface area contributed by atoms with Crippen molar-refractivity contribution in [1.29, 1.82) is 0 Å². The van der Waals surface area contributed by atoms with Crippen LogP contribution in [0.5, 0.6) is 74.7 Å². The number of hydrogen-bond acceptors (Lipinski definition) is 11. The number of Topliss-reactive ketones (excluding diaryl/α,β-unsaturated/α-hetero) is 1. The minimum absolute atomic E-state index is 0.0614. The number of para-hydroxylation sites is 6. The molecule has 14 heteroatoms. The predicted molar refractivity (Wildman–Crippen MR) is 563 cm³/mol. The summed E-state index contributed by atoms with van der Waals surface area (Å²) in [6.45, 7) is 39.7. The molecule has 132 heavy (non-hydrogen) atoms. The van der Waals surface area contributed by atoms with Gasteiger partial charge < -0.3 is 33.2 Å². The first-order chi connectivity index (χ1) is 64.6. The summed E-state index contributed by atoms with van der Waals surface area (Å²) in [4.78, 5) is 13.4. The highest BCUT2D eigenvalue weighted by Gasteiger charge is 2.16. The van der Waals surface area contributed by atoms with E-state index in [0.717, 1.165) is 89.0 Å². The van der Waals surface area contributed by atoms with Crippen molar-refractivity contribution >= 4 is 42.4 Å². The number of ether oxygens (including phenoxy) is 7. The maximum atomic E-state index is 12.0. The van der Waals surface area contributed by atoms with Gasteiger partial charge in [0.2, 0.25) is 9.84 Å². The third kappa shape index (κ3) is 49.8. The lowest BCUT2D eigenvalue weighted by molar-refractivity contribution is 0.101. The molecule has 0 aliphatic rings. The molecule has 0 amide bonds. The topological polar surface area (TPSA) is 133 Å². The van der Waals surface area contributed by atoms with Crippen LogP contribution in [0.3, 0.4) is 0 Å². The third-order valence-corrected chi connectivity index (χ3v) is 19.7. The molecule has 0 bridgehead atoms. The highest BCUT2D eigenvalue weighted by Crippen LogP contribution is 2.29. The Morgan fingerprint density at radius 2 is 0.439 bits per heavy atom. The van der Waals surface area contributed by atoms with Gasteiger partial charge in [0.15, 0.2) is 5.78 Å². The Bertz CT molecular complexity index is 5280. The maximum absolute atomic E-state index is 12.0. The smallest absolute Gasteiger partial charge is 0.206 e. The van der Waals surface area contributed by atoms with E-state index in [1.807, 2.05) is 463 Å². The van der Waals surface area contributed by atoms with Crippen molar-refractivity contribution in [3.05, 3.63) is 476 Å². The molecule has 0 aliphatic carbocycles.